The van der Waals surface area contributed by atoms with Crippen LogP contribution in [0.2, 0.25) is 0 Å². The van der Waals surface area contributed by atoms with Gasteiger partial charge < -0.3 is 4.90 Å². The predicted molar refractivity (Wildman–Crippen MR) is 98.4 cm³/mol. The van der Waals surface area contributed by atoms with E-state index in [9.17, 15) is 30.8 Å². The zero-order valence-corrected chi connectivity index (χ0v) is 16.7. The molecular weight excluding hydrogens is 430 g/mol. The summed E-state index contributed by atoms with van der Waals surface area (Å²) in [6.45, 7) is 1.20. The fourth-order valence-corrected chi connectivity index (χ4v) is 3.65. The van der Waals surface area contributed by atoms with Crippen molar-refractivity contribution in [2.24, 2.45) is 0 Å². The number of hydrogen-bond acceptors (Lipinski definition) is 6. The fourth-order valence-electron chi connectivity index (χ4n) is 3.06. The van der Waals surface area contributed by atoms with Crippen molar-refractivity contribution in [2.75, 3.05) is 44.7 Å². The molecule has 0 bridgehead atoms. The van der Waals surface area contributed by atoms with Crippen LogP contribution in [0.4, 0.5) is 17.6 Å². The van der Waals surface area contributed by atoms with E-state index in [0.717, 1.165) is 30.5 Å². The van der Waals surface area contributed by atoms with Gasteiger partial charge in [-0.2, -0.15) is 13.2 Å². The van der Waals surface area contributed by atoms with Gasteiger partial charge in [-0.15, -0.1) is 5.10 Å². The van der Waals surface area contributed by atoms with Gasteiger partial charge in [0.1, 0.15) is 15.7 Å². The van der Waals surface area contributed by atoms with Gasteiger partial charge in [0.05, 0.1) is 11.4 Å². The van der Waals surface area contributed by atoms with Gasteiger partial charge in [0, 0.05) is 39.0 Å². The molecule has 0 spiro atoms. The number of piperazine rings is 1. The first-order valence-corrected chi connectivity index (χ1v) is 11.0. The summed E-state index contributed by atoms with van der Waals surface area (Å²) < 4.78 is 77.2. The molecule has 1 aliphatic heterocycles. The molecule has 1 amide bonds. The zero-order chi connectivity index (χ0) is 22.1. The molecule has 164 valence electrons. The Labute approximate surface area is 170 Å². The van der Waals surface area contributed by atoms with E-state index in [4.69, 9.17) is 0 Å². The van der Waals surface area contributed by atoms with E-state index in [1.54, 1.807) is 0 Å². The van der Waals surface area contributed by atoms with E-state index in [1.807, 2.05) is 4.90 Å². The van der Waals surface area contributed by atoms with Gasteiger partial charge in [0.25, 0.3) is 5.91 Å². The molecule has 1 fully saturated rings. The van der Waals surface area contributed by atoms with Crippen molar-refractivity contribution in [1.29, 1.82) is 0 Å². The van der Waals surface area contributed by atoms with E-state index >= 15 is 0 Å². The summed E-state index contributed by atoms with van der Waals surface area (Å²) >= 11 is 0. The summed E-state index contributed by atoms with van der Waals surface area (Å²) in [5, 5.41) is 6.93. The molecule has 1 aromatic carbocycles. The predicted octanol–water partition coefficient (Wildman–Crippen LogP) is 1.23. The molecule has 2 heterocycles. The molecule has 0 N–H and O–H groups in total. The smallest absolute Gasteiger partial charge is 0.335 e. The SMILES string of the molecule is CS(=O)(=O)CCN1CCN(C(=O)c2nnn(-c3ccc(F)cc3)c2C(F)(F)F)CC1. The van der Waals surface area contributed by atoms with E-state index in [0.29, 0.717) is 17.8 Å². The van der Waals surface area contributed by atoms with Crippen molar-refractivity contribution in [3.63, 3.8) is 0 Å². The summed E-state index contributed by atoms with van der Waals surface area (Å²) in [7, 11) is -3.14. The zero-order valence-electron chi connectivity index (χ0n) is 15.9. The highest BCUT2D eigenvalue weighted by molar-refractivity contribution is 7.90. The lowest BCUT2D eigenvalue weighted by molar-refractivity contribution is -0.143. The first-order chi connectivity index (χ1) is 14.0. The number of aromatic nitrogens is 3. The quantitative estimate of drug-likeness (QED) is 0.638. The van der Waals surface area contributed by atoms with Gasteiger partial charge in [0.2, 0.25) is 0 Å². The van der Waals surface area contributed by atoms with Gasteiger partial charge in [-0.3, -0.25) is 9.69 Å². The first-order valence-electron chi connectivity index (χ1n) is 8.94. The Morgan fingerprint density at radius 1 is 1.10 bits per heavy atom. The topological polar surface area (TPSA) is 88.4 Å². The Morgan fingerprint density at radius 2 is 1.70 bits per heavy atom. The Kier molecular flexibility index (Phi) is 6.13. The number of alkyl halides is 3. The molecular formula is C17H19F4N5O3S. The molecule has 8 nitrogen and oxygen atoms in total. The van der Waals surface area contributed by atoms with Crippen molar-refractivity contribution in [1.82, 2.24) is 24.8 Å². The number of hydrogen-bond donors (Lipinski definition) is 0. The second-order valence-corrected chi connectivity index (χ2v) is 9.20. The van der Waals surface area contributed by atoms with Gasteiger partial charge in [-0.25, -0.2) is 17.5 Å². The number of sulfone groups is 1. The number of halogens is 4. The molecule has 1 saturated heterocycles. The van der Waals surface area contributed by atoms with Crippen LogP contribution in [0.3, 0.4) is 0 Å². The highest BCUT2D eigenvalue weighted by atomic mass is 32.2. The first kappa shape index (κ1) is 22.2. The molecule has 13 heteroatoms. The third-order valence-corrected chi connectivity index (χ3v) is 5.57. The molecule has 0 aliphatic carbocycles. The van der Waals surface area contributed by atoms with Crippen molar-refractivity contribution in [3.05, 3.63) is 41.5 Å². The maximum atomic E-state index is 13.7. The minimum Gasteiger partial charge on any atom is -0.335 e. The third kappa shape index (κ3) is 5.14. The number of benzene rings is 1. The summed E-state index contributed by atoms with van der Waals surface area (Å²) in [6.07, 6.45) is -3.80. The Balaban J connectivity index is 1.79. The van der Waals surface area contributed by atoms with E-state index < -0.39 is 39.1 Å². The number of nitrogens with zero attached hydrogens (tertiary/aromatic N) is 5. The third-order valence-electron chi connectivity index (χ3n) is 4.65. The van der Waals surface area contributed by atoms with Gasteiger partial charge in [-0.05, 0) is 24.3 Å². The summed E-state index contributed by atoms with van der Waals surface area (Å²) in [6, 6.07) is 4.17. The van der Waals surface area contributed by atoms with Crippen LogP contribution in [0.5, 0.6) is 0 Å². The minimum absolute atomic E-state index is 0.0365. The van der Waals surface area contributed by atoms with Crippen molar-refractivity contribution >= 4 is 15.7 Å². The Morgan fingerprint density at radius 3 is 2.23 bits per heavy atom. The molecule has 1 aliphatic rings. The van der Waals surface area contributed by atoms with Crippen molar-refractivity contribution in [3.8, 4) is 5.69 Å². The molecule has 0 saturated carbocycles. The van der Waals surface area contributed by atoms with Crippen LogP contribution in [-0.2, 0) is 16.0 Å². The van der Waals surface area contributed by atoms with E-state index in [2.05, 4.69) is 10.3 Å². The van der Waals surface area contributed by atoms with Crippen LogP contribution >= 0.6 is 0 Å². The lowest BCUT2D eigenvalue weighted by Gasteiger charge is -2.34. The minimum atomic E-state index is -4.92. The molecule has 1 aromatic heterocycles. The summed E-state index contributed by atoms with van der Waals surface area (Å²) in [5.41, 5.74) is -2.25. The van der Waals surface area contributed by atoms with Crippen molar-refractivity contribution in [2.45, 2.75) is 6.18 Å². The molecule has 0 unspecified atom stereocenters. The maximum Gasteiger partial charge on any atom is 0.435 e. The number of rotatable bonds is 5. The van der Waals surface area contributed by atoms with Crippen LogP contribution in [0, 0.1) is 5.82 Å². The fraction of sp³-hybridized carbons (Fsp3) is 0.471. The van der Waals surface area contributed by atoms with Crippen LogP contribution < -0.4 is 0 Å². The number of carbonyl (C=O) groups excluding carboxylic acids is 1. The lowest BCUT2D eigenvalue weighted by Crippen LogP contribution is -2.50. The van der Waals surface area contributed by atoms with Gasteiger partial charge in [-0.1, -0.05) is 5.21 Å². The lowest BCUT2D eigenvalue weighted by atomic mass is 10.2. The Bertz CT molecular complexity index is 1010. The largest absolute Gasteiger partial charge is 0.435 e. The highest BCUT2D eigenvalue weighted by Crippen LogP contribution is 2.33. The summed E-state index contributed by atoms with van der Waals surface area (Å²) in [4.78, 5) is 15.8. The van der Waals surface area contributed by atoms with Gasteiger partial charge in [0.15, 0.2) is 11.4 Å². The van der Waals surface area contributed by atoms with Crippen LogP contribution in [0.25, 0.3) is 5.69 Å². The van der Waals surface area contributed by atoms with Crippen LogP contribution in [-0.4, -0.2) is 83.9 Å². The van der Waals surface area contributed by atoms with Crippen LogP contribution in [0.15, 0.2) is 24.3 Å². The monoisotopic (exact) mass is 449 g/mol. The average Bonchev–Trinajstić information content (AvgIpc) is 3.12. The van der Waals surface area contributed by atoms with E-state index in [1.165, 1.54) is 4.90 Å². The molecule has 30 heavy (non-hydrogen) atoms. The second-order valence-electron chi connectivity index (χ2n) is 6.94. The molecule has 0 atom stereocenters. The Hall–Kier alpha value is -2.54. The van der Waals surface area contributed by atoms with Crippen LogP contribution in [0.1, 0.15) is 16.2 Å². The van der Waals surface area contributed by atoms with Gasteiger partial charge >= 0.3 is 6.18 Å². The maximum absolute atomic E-state index is 13.7. The molecule has 2 aromatic rings. The number of carbonyl (C=O) groups is 1. The average molecular weight is 449 g/mol. The highest BCUT2D eigenvalue weighted by Gasteiger charge is 2.43. The van der Waals surface area contributed by atoms with E-state index in [-0.39, 0.29) is 31.1 Å². The molecule has 0 radical (unpaired) electrons. The molecule has 3 rings (SSSR count). The normalized spacial score (nSPS) is 16.1. The number of amides is 1. The summed E-state index contributed by atoms with van der Waals surface area (Å²) in [5.74, 6) is -1.58. The second kappa shape index (κ2) is 8.30. The standard InChI is InChI=1S/C17H19F4N5O3S/c1-30(28,29)11-10-24-6-8-25(9-7-24)16(27)14-15(17(19,20)21)26(23-22-14)13-4-2-12(18)3-5-13/h2-5H,6-11H2,1H3. The van der Waals surface area contributed by atoms with Crippen molar-refractivity contribution < 1.29 is 30.8 Å².